The Morgan fingerprint density at radius 3 is 2.50 bits per heavy atom. The van der Waals surface area contributed by atoms with Gasteiger partial charge < -0.3 is 4.90 Å². The summed E-state index contributed by atoms with van der Waals surface area (Å²) in [5.74, 6) is -1.52. The predicted octanol–water partition coefficient (Wildman–Crippen LogP) is 3.64. The molecular weight excluding hydrogens is 380 g/mol. The molecule has 0 aromatic heterocycles. The van der Waals surface area contributed by atoms with Gasteiger partial charge in [-0.3, -0.25) is 9.59 Å². The molecule has 0 bridgehead atoms. The van der Waals surface area contributed by atoms with Gasteiger partial charge in [-0.2, -0.15) is 5.10 Å². The number of rotatable bonds is 4. The summed E-state index contributed by atoms with van der Waals surface area (Å²) in [4.78, 5) is 25.8. The number of hydrazone groups is 1. The number of carbonyl (C=O) groups excluding carboxylic acids is 2. The number of benzene rings is 2. The molecule has 1 aliphatic heterocycles. The highest BCUT2D eigenvalue weighted by Gasteiger charge is 2.35. The lowest BCUT2D eigenvalue weighted by atomic mass is 10.1. The van der Waals surface area contributed by atoms with Crippen molar-refractivity contribution in [1.29, 1.82) is 0 Å². The minimum atomic E-state index is -0.550. The zero-order valence-electron chi connectivity index (χ0n) is 13.5. The van der Waals surface area contributed by atoms with Crippen molar-refractivity contribution in [2.75, 3.05) is 11.4 Å². The number of anilines is 1. The molecule has 2 aromatic carbocycles. The molecule has 1 heterocycles. The molecule has 0 aliphatic carbocycles. The molecular formula is C18H14Cl2FN3O2. The fraction of sp³-hybridized carbons (Fsp3) is 0.167. The van der Waals surface area contributed by atoms with Crippen molar-refractivity contribution in [2.45, 2.75) is 6.42 Å². The van der Waals surface area contributed by atoms with Crippen molar-refractivity contribution < 1.29 is 14.0 Å². The van der Waals surface area contributed by atoms with Crippen LogP contribution in [-0.4, -0.2) is 24.6 Å². The molecule has 1 aliphatic rings. The van der Waals surface area contributed by atoms with Crippen LogP contribution in [0.1, 0.15) is 12.0 Å². The van der Waals surface area contributed by atoms with Gasteiger partial charge in [0.05, 0.1) is 22.2 Å². The summed E-state index contributed by atoms with van der Waals surface area (Å²) in [6.45, 7) is 0.207. The molecule has 0 spiro atoms. The summed E-state index contributed by atoms with van der Waals surface area (Å²) in [5, 5.41) is 4.69. The summed E-state index contributed by atoms with van der Waals surface area (Å²) in [5.41, 5.74) is 3.45. The van der Waals surface area contributed by atoms with Crippen LogP contribution in [-0.2, 0) is 9.59 Å². The quantitative estimate of drug-likeness (QED) is 0.636. The van der Waals surface area contributed by atoms with E-state index in [9.17, 15) is 14.0 Å². The summed E-state index contributed by atoms with van der Waals surface area (Å²) in [7, 11) is 0. The lowest BCUT2D eigenvalue weighted by Gasteiger charge is -2.16. The van der Waals surface area contributed by atoms with E-state index in [1.165, 1.54) is 35.4 Å². The van der Waals surface area contributed by atoms with E-state index in [1.807, 2.05) is 0 Å². The average molecular weight is 394 g/mol. The van der Waals surface area contributed by atoms with Gasteiger partial charge in [-0.15, -0.1) is 0 Å². The highest BCUT2D eigenvalue weighted by Crippen LogP contribution is 2.25. The van der Waals surface area contributed by atoms with E-state index in [-0.39, 0.29) is 30.6 Å². The predicted molar refractivity (Wildman–Crippen MR) is 99.1 cm³/mol. The minimum Gasteiger partial charge on any atom is -0.312 e. The number of carbonyl (C=O) groups is 2. The molecule has 26 heavy (non-hydrogen) atoms. The van der Waals surface area contributed by atoms with Gasteiger partial charge in [-0.25, -0.2) is 9.82 Å². The van der Waals surface area contributed by atoms with Crippen molar-refractivity contribution in [2.24, 2.45) is 11.0 Å². The highest BCUT2D eigenvalue weighted by molar-refractivity contribution is 6.38. The van der Waals surface area contributed by atoms with E-state index >= 15 is 0 Å². The molecule has 1 N–H and O–H groups in total. The smallest absolute Gasteiger partial charge is 0.245 e. The molecule has 1 saturated heterocycles. The summed E-state index contributed by atoms with van der Waals surface area (Å²) in [6, 6.07) is 10.6. The number of nitrogens with zero attached hydrogens (tertiary/aromatic N) is 2. The first-order chi connectivity index (χ1) is 12.5. The molecule has 134 valence electrons. The molecule has 0 saturated carbocycles. The van der Waals surface area contributed by atoms with E-state index in [2.05, 4.69) is 10.5 Å². The van der Waals surface area contributed by atoms with E-state index < -0.39 is 5.92 Å². The SMILES string of the molecule is O=C(N/N=C\c1c(Cl)cccc1Cl)[C@H]1CC(=O)N(c2ccc(F)cc2)C1. The van der Waals surface area contributed by atoms with Gasteiger partial charge in [-0.1, -0.05) is 29.3 Å². The Hall–Kier alpha value is -2.44. The number of nitrogens with one attached hydrogen (secondary N) is 1. The van der Waals surface area contributed by atoms with Crippen molar-refractivity contribution in [1.82, 2.24) is 5.43 Å². The lowest BCUT2D eigenvalue weighted by molar-refractivity contribution is -0.126. The Labute approximate surface area is 159 Å². The third-order valence-electron chi connectivity index (χ3n) is 4.00. The fourth-order valence-electron chi connectivity index (χ4n) is 2.64. The van der Waals surface area contributed by atoms with Crippen LogP contribution in [0.4, 0.5) is 10.1 Å². The molecule has 2 aromatic rings. The lowest BCUT2D eigenvalue weighted by Crippen LogP contribution is -2.30. The number of halogens is 3. The maximum absolute atomic E-state index is 13.0. The van der Waals surface area contributed by atoms with Gasteiger partial charge in [0.15, 0.2) is 0 Å². The topological polar surface area (TPSA) is 61.8 Å². The maximum Gasteiger partial charge on any atom is 0.245 e. The Morgan fingerprint density at radius 1 is 1.19 bits per heavy atom. The maximum atomic E-state index is 13.0. The second kappa shape index (κ2) is 7.85. The monoisotopic (exact) mass is 393 g/mol. The third kappa shape index (κ3) is 4.03. The van der Waals surface area contributed by atoms with Crippen LogP contribution < -0.4 is 10.3 Å². The Kier molecular flexibility index (Phi) is 5.54. The molecule has 2 amide bonds. The third-order valence-corrected chi connectivity index (χ3v) is 4.66. The van der Waals surface area contributed by atoms with Crippen molar-refractivity contribution in [3.8, 4) is 0 Å². The Bertz CT molecular complexity index is 851. The number of amides is 2. The van der Waals surface area contributed by atoms with E-state index in [0.29, 0.717) is 21.3 Å². The standard InChI is InChI=1S/C18H14Cl2FN3O2/c19-15-2-1-3-16(20)14(15)9-22-23-18(26)11-8-17(25)24(10-11)13-6-4-12(21)5-7-13/h1-7,9,11H,8,10H2,(H,23,26)/b22-9-/t11-/m0/s1. The number of hydrogen-bond donors (Lipinski definition) is 1. The molecule has 0 radical (unpaired) electrons. The normalized spacial score (nSPS) is 17.1. The van der Waals surface area contributed by atoms with Gasteiger partial charge in [0, 0.05) is 24.2 Å². The molecule has 0 unspecified atom stereocenters. The van der Waals surface area contributed by atoms with E-state index in [4.69, 9.17) is 23.2 Å². The summed E-state index contributed by atoms with van der Waals surface area (Å²) < 4.78 is 13.0. The summed E-state index contributed by atoms with van der Waals surface area (Å²) in [6.07, 6.45) is 1.42. The first-order valence-corrected chi connectivity index (χ1v) is 8.54. The van der Waals surface area contributed by atoms with Crippen LogP contribution in [0, 0.1) is 11.7 Å². The Morgan fingerprint density at radius 2 is 1.85 bits per heavy atom. The zero-order valence-corrected chi connectivity index (χ0v) is 15.0. The molecule has 8 heteroatoms. The largest absolute Gasteiger partial charge is 0.312 e. The van der Waals surface area contributed by atoms with E-state index in [0.717, 1.165) is 0 Å². The van der Waals surface area contributed by atoms with Gasteiger partial charge >= 0.3 is 0 Å². The van der Waals surface area contributed by atoms with Crippen LogP contribution in [0.15, 0.2) is 47.6 Å². The fourth-order valence-corrected chi connectivity index (χ4v) is 3.13. The van der Waals surface area contributed by atoms with Crippen LogP contribution in [0.25, 0.3) is 0 Å². The van der Waals surface area contributed by atoms with Gasteiger partial charge in [0.1, 0.15) is 5.82 Å². The van der Waals surface area contributed by atoms with Crippen LogP contribution in [0.3, 0.4) is 0 Å². The molecule has 3 rings (SSSR count). The second-order valence-electron chi connectivity index (χ2n) is 5.75. The van der Waals surface area contributed by atoms with Gasteiger partial charge in [-0.05, 0) is 36.4 Å². The second-order valence-corrected chi connectivity index (χ2v) is 6.57. The highest BCUT2D eigenvalue weighted by atomic mass is 35.5. The average Bonchev–Trinajstić information content (AvgIpc) is 3.00. The molecule has 5 nitrogen and oxygen atoms in total. The van der Waals surface area contributed by atoms with Crippen LogP contribution >= 0.6 is 23.2 Å². The minimum absolute atomic E-state index is 0.0611. The van der Waals surface area contributed by atoms with E-state index in [1.54, 1.807) is 18.2 Å². The van der Waals surface area contributed by atoms with Crippen molar-refractivity contribution in [3.63, 3.8) is 0 Å². The van der Waals surface area contributed by atoms with Gasteiger partial charge in [0.25, 0.3) is 0 Å². The zero-order chi connectivity index (χ0) is 18.7. The van der Waals surface area contributed by atoms with Crippen LogP contribution in [0.5, 0.6) is 0 Å². The van der Waals surface area contributed by atoms with Gasteiger partial charge in [0.2, 0.25) is 11.8 Å². The first-order valence-electron chi connectivity index (χ1n) is 7.78. The molecule has 1 fully saturated rings. The molecule has 1 atom stereocenters. The summed E-state index contributed by atoms with van der Waals surface area (Å²) >= 11 is 12.0. The van der Waals surface area contributed by atoms with Crippen molar-refractivity contribution >= 4 is 46.9 Å². The Balaban J connectivity index is 1.63. The van der Waals surface area contributed by atoms with Crippen LogP contribution in [0.2, 0.25) is 10.0 Å². The first kappa shape index (κ1) is 18.4. The van der Waals surface area contributed by atoms with Crippen molar-refractivity contribution in [3.05, 3.63) is 63.9 Å². The number of hydrogen-bond acceptors (Lipinski definition) is 3.